The number of rotatable bonds is 7. The van der Waals surface area contributed by atoms with Crippen LogP contribution in [0.3, 0.4) is 0 Å². The molecule has 1 aromatic heterocycles. The van der Waals surface area contributed by atoms with Gasteiger partial charge in [-0.3, -0.25) is 9.78 Å². The molecule has 0 bridgehead atoms. The molecular formula is C19H23N3O3. The van der Waals surface area contributed by atoms with Crippen LogP contribution in [0.5, 0.6) is 5.75 Å². The van der Waals surface area contributed by atoms with Crippen molar-refractivity contribution >= 4 is 11.6 Å². The zero-order chi connectivity index (χ0) is 17.3. The lowest BCUT2D eigenvalue weighted by atomic mass is 10.2. The molecule has 0 spiro atoms. The number of pyridine rings is 1. The molecule has 6 nitrogen and oxygen atoms in total. The van der Waals surface area contributed by atoms with E-state index in [4.69, 9.17) is 9.47 Å². The Kier molecular flexibility index (Phi) is 6.36. The first-order valence-electron chi connectivity index (χ1n) is 8.54. The van der Waals surface area contributed by atoms with Gasteiger partial charge in [0.15, 0.2) is 0 Å². The van der Waals surface area contributed by atoms with Crippen LogP contribution in [0.15, 0.2) is 48.7 Å². The Morgan fingerprint density at radius 3 is 2.96 bits per heavy atom. The molecule has 0 radical (unpaired) electrons. The van der Waals surface area contributed by atoms with Crippen LogP contribution < -0.4 is 15.4 Å². The van der Waals surface area contributed by atoms with Gasteiger partial charge >= 0.3 is 0 Å². The molecule has 25 heavy (non-hydrogen) atoms. The number of nitrogens with zero attached hydrogens (tertiary/aromatic N) is 1. The molecule has 1 aromatic carbocycles. The van der Waals surface area contributed by atoms with E-state index in [0.717, 1.165) is 12.2 Å². The minimum atomic E-state index is -0.0521. The van der Waals surface area contributed by atoms with Gasteiger partial charge in [0.1, 0.15) is 5.75 Å². The van der Waals surface area contributed by atoms with Crippen molar-refractivity contribution in [3.63, 3.8) is 0 Å². The molecule has 1 aliphatic heterocycles. The Morgan fingerprint density at radius 1 is 1.28 bits per heavy atom. The largest absolute Gasteiger partial charge is 0.491 e. The van der Waals surface area contributed by atoms with E-state index in [0.29, 0.717) is 44.1 Å². The topological polar surface area (TPSA) is 72.5 Å². The van der Waals surface area contributed by atoms with Crippen LogP contribution in [-0.4, -0.2) is 43.3 Å². The smallest absolute Gasteiger partial charge is 0.226 e. The Hall–Kier alpha value is -2.44. The number of amides is 1. The normalized spacial score (nSPS) is 17.0. The molecule has 1 aliphatic rings. The molecule has 0 aliphatic carbocycles. The van der Waals surface area contributed by atoms with E-state index in [9.17, 15) is 4.79 Å². The van der Waals surface area contributed by atoms with Crippen LogP contribution in [0.25, 0.3) is 0 Å². The highest BCUT2D eigenvalue weighted by molar-refractivity contribution is 5.92. The number of aromatic nitrogens is 1. The lowest BCUT2D eigenvalue weighted by Crippen LogP contribution is -2.43. The van der Waals surface area contributed by atoms with Crippen molar-refractivity contribution in [1.29, 1.82) is 0 Å². The van der Waals surface area contributed by atoms with E-state index in [1.807, 2.05) is 42.5 Å². The van der Waals surface area contributed by atoms with Crippen molar-refractivity contribution in [1.82, 2.24) is 10.3 Å². The maximum atomic E-state index is 12.3. The summed E-state index contributed by atoms with van der Waals surface area (Å²) in [6, 6.07) is 13.4. The predicted molar refractivity (Wildman–Crippen MR) is 95.7 cm³/mol. The number of carbonyl (C=O) groups is 1. The number of carbonyl (C=O) groups excluding carboxylic acids is 1. The van der Waals surface area contributed by atoms with Crippen LogP contribution in [0.2, 0.25) is 0 Å². The molecule has 2 heterocycles. The third-order valence-electron chi connectivity index (χ3n) is 3.93. The third-order valence-corrected chi connectivity index (χ3v) is 3.93. The van der Waals surface area contributed by atoms with Gasteiger partial charge in [-0.1, -0.05) is 18.2 Å². The van der Waals surface area contributed by atoms with E-state index in [1.54, 1.807) is 6.20 Å². The molecule has 1 fully saturated rings. The Balaban J connectivity index is 1.52. The Morgan fingerprint density at radius 2 is 2.16 bits per heavy atom. The molecule has 132 valence electrons. The highest BCUT2D eigenvalue weighted by atomic mass is 16.5. The van der Waals surface area contributed by atoms with E-state index < -0.39 is 0 Å². The van der Waals surface area contributed by atoms with Gasteiger partial charge in [0.2, 0.25) is 5.91 Å². The molecule has 1 atom stereocenters. The number of para-hydroxylation sites is 2. The molecule has 0 saturated carbocycles. The summed E-state index contributed by atoms with van der Waals surface area (Å²) in [4.78, 5) is 16.5. The monoisotopic (exact) mass is 341 g/mol. The second kappa shape index (κ2) is 9.15. The summed E-state index contributed by atoms with van der Waals surface area (Å²) >= 11 is 0. The summed E-state index contributed by atoms with van der Waals surface area (Å²) < 4.78 is 11.2. The van der Waals surface area contributed by atoms with Crippen LogP contribution in [0.4, 0.5) is 5.69 Å². The second-order valence-corrected chi connectivity index (χ2v) is 5.89. The summed E-state index contributed by atoms with van der Waals surface area (Å²) in [5, 5.41) is 6.21. The predicted octanol–water partition coefficient (Wildman–Crippen LogP) is 2.02. The van der Waals surface area contributed by atoms with Crippen molar-refractivity contribution in [2.45, 2.75) is 18.9 Å². The zero-order valence-corrected chi connectivity index (χ0v) is 14.1. The molecule has 0 unspecified atom stereocenters. The van der Waals surface area contributed by atoms with Gasteiger partial charge in [-0.2, -0.15) is 0 Å². The molecule has 3 rings (SSSR count). The molecule has 2 aromatic rings. The van der Waals surface area contributed by atoms with Gasteiger partial charge in [-0.25, -0.2) is 0 Å². The van der Waals surface area contributed by atoms with Gasteiger partial charge in [-0.15, -0.1) is 0 Å². The average Bonchev–Trinajstić information content (AvgIpc) is 2.65. The number of hydrogen-bond donors (Lipinski definition) is 2. The first kappa shape index (κ1) is 17.4. The Bertz CT molecular complexity index is 673. The van der Waals surface area contributed by atoms with E-state index in [1.165, 1.54) is 0 Å². The van der Waals surface area contributed by atoms with Gasteiger partial charge in [0.25, 0.3) is 0 Å². The summed E-state index contributed by atoms with van der Waals surface area (Å²) in [6.07, 6.45) is 2.86. The SMILES string of the molecule is O=C(C[C@@H]1COCCN1)Nc1ccccc1OCCc1ccccn1. The fourth-order valence-electron chi connectivity index (χ4n) is 2.68. The van der Waals surface area contributed by atoms with Gasteiger partial charge in [-0.05, 0) is 24.3 Å². The highest BCUT2D eigenvalue weighted by Gasteiger charge is 2.17. The maximum Gasteiger partial charge on any atom is 0.226 e. The molecule has 1 amide bonds. The van der Waals surface area contributed by atoms with Gasteiger partial charge in [0.05, 0.1) is 25.5 Å². The molecule has 6 heteroatoms. The van der Waals surface area contributed by atoms with Crippen molar-refractivity contribution in [3.8, 4) is 5.75 Å². The Labute approximate surface area is 147 Å². The van der Waals surface area contributed by atoms with Crippen LogP contribution >= 0.6 is 0 Å². The maximum absolute atomic E-state index is 12.3. The summed E-state index contributed by atoms with van der Waals surface area (Å²) in [5.74, 6) is 0.614. The number of ether oxygens (including phenoxy) is 2. The van der Waals surface area contributed by atoms with Crippen molar-refractivity contribution < 1.29 is 14.3 Å². The van der Waals surface area contributed by atoms with Crippen molar-refractivity contribution in [3.05, 3.63) is 54.4 Å². The average molecular weight is 341 g/mol. The van der Waals surface area contributed by atoms with Crippen LogP contribution in [0.1, 0.15) is 12.1 Å². The number of nitrogens with one attached hydrogen (secondary N) is 2. The summed E-state index contributed by atoms with van der Waals surface area (Å²) in [7, 11) is 0. The highest BCUT2D eigenvalue weighted by Crippen LogP contribution is 2.24. The standard InChI is InChI=1S/C19H23N3O3/c23-19(13-16-14-24-12-10-21-16)22-17-6-1-2-7-18(17)25-11-8-15-5-3-4-9-20-15/h1-7,9,16,21H,8,10-14H2,(H,22,23)/t16-/m1/s1. The summed E-state index contributed by atoms with van der Waals surface area (Å²) in [6.45, 7) is 2.55. The molecule has 1 saturated heterocycles. The van der Waals surface area contributed by atoms with Gasteiger partial charge in [0, 0.05) is 37.3 Å². The molecular weight excluding hydrogens is 318 g/mol. The fraction of sp³-hybridized carbons (Fsp3) is 0.368. The van der Waals surface area contributed by atoms with E-state index in [2.05, 4.69) is 15.6 Å². The van der Waals surface area contributed by atoms with Crippen LogP contribution in [-0.2, 0) is 16.0 Å². The molecule has 2 N–H and O–H groups in total. The number of anilines is 1. The number of hydrogen-bond acceptors (Lipinski definition) is 5. The van der Waals surface area contributed by atoms with Crippen molar-refractivity contribution in [2.24, 2.45) is 0 Å². The van der Waals surface area contributed by atoms with Crippen molar-refractivity contribution in [2.75, 3.05) is 31.7 Å². The quantitative estimate of drug-likeness (QED) is 0.806. The first-order chi connectivity index (χ1) is 12.3. The van der Waals surface area contributed by atoms with Crippen LogP contribution in [0, 0.1) is 0 Å². The number of morpholine rings is 1. The second-order valence-electron chi connectivity index (χ2n) is 5.89. The van der Waals surface area contributed by atoms with E-state index >= 15 is 0 Å². The lowest BCUT2D eigenvalue weighted by molar-refractivity contribution is -0.117. The minimum absolute atomic E-state index is 0.0521. The fourth-order valence-corrected chi connectivity index (χ4v) is 2.68. The van der Waals surface area contributed by atoms with Gasteiger partial charge < -0.3 is 20.1 Å². The summed E-state index contributed by atoms with van der Waals surface area (Å²) in [5.41, 5.74) is 1.66. The lowest BCUT2D eigenvalue weighted by Gasteiger charge is -2.23. The first-order valence-corrected chi connectivity index (χ1v) is 8.54. The number of benzene rings is 1. The van der Waals surface area contributed by atoms with E-state index in [-0.39, 0.29) is 11.9 Å². The minimum Gasteiger partial charge on any atom is -0.491 e. The third kappa shape index (κ3) is 5.55. The zero-order valence-electron chi connectivity index (χ0n) is 14.1.